The van der Waals surface area contributed by atoms with Crippen LogP contribution in [-0.2, 0) is 37.3 Å². The SMILES string of the molecule is COCCCNC(=O)[C@H](Cc1ccccc1)N(Cc1ccc(OC)cc1)C(=O)COc1ccc(S(=O)(=O)Nc2ccc(F)cc2)cc1. The predicted molar refractivity (Wildman–Crippen MR) is 176 cm³/mol. The molecule has 0 aliphatic rings. The summed E-state index contributed by atoms with van der Waals surface area (Å²) < 4.78 is 57.4. The summed E-state index contributed by atoms with van der Waals surface area (Å²) in [5.41, 5.74) is 1.87. The normalized spacial score (nSPS) is 11.7. The average molecular weight is 664 g/mol. The minimum atomic E-state index is -3.95. The van der Waals surface area contributed by atoms with Gasteiger partial charge in [0.15, 0.2) is 6.61 Å². The Kier molecular flexibility index (Phi) is 12.7. The molecular weight excluding hydrogens is 625 g/mol. The third-order valence-corrected chi connectivity index (χ3v) is 8.60. The van der Waals surface area contributed by atoms with Gasteiger partial charge in [0.25, 0.3) is 15.9 Å². The number of ether oxygens (including phenoxy) is 3. The molecule has 0 spiro atoms. The van der Waals surface area contributed by atoms with Crippen molar-refractivity contribution in [3.05, 3.63) is 120 Å². The minimum absolute atomic E-state index is 0.0466. The van der Waals surface area contributed by atoms with E-state index >= 15 is 0 Å². The number of nitrogens with zero attached hydrogens (tertiary/aromatic N) is 1. The van der Waals surface area contributed by atoms with Crippen LogP contribution in [0.25, 0.3) is 0 Å². The van der Waals surface area contributed by atoms with E-state index in [1.165, 1.54) is 41.3 Å². The lowest BCUT2D eigenvalue weighted by molar-refractivity contribution is -0.142. The van der Waals surface area contributed by atoms with Gasteiger partial charge >= 0.3 is 0 Å². The first-order valence-corrected chi connectivity index (χ1v) is 16.4. The van der Waals surface area contributed by atoms with Gasteiger partial charge in [0.1, 0.15) is 23.4 Å². The molecule has 0 aromatic heterocycles. The lowest BCUT2D eigenvalue weighted by atomic mass is 10.0. The van der Waals surface area contributed by atoms with Crippen LogP contribution in [0.15, 0.2) is 108 Å². The molecule has 2 N–H and O–H groups in total. The fourth-order valence-electron chi connectivity index (χ4n) is 4.70. The van der Waals surface area contributed by atoms with Gasteiger partial charge in [-0.25, -0.2) is 12.8 Å². The van der Waals surface area contributed by atoms with Crippen molar-refractivity contribution < 1.29 is 36.6 Å². The highest BCUT2D eigenvalue weighted by Gasteiger charge is 2.30. The summed E-state index contributed by atoms with van der Waals surface area (Å²) in [6.45, 7) is 0.582. The van der Waals surface area contributed by atoms with E-state index in [2.05, 4.69) is 10.0 Å². The molecule has 12 heteroatoms. The maximum Gasteiger partial charge on any atom is 0.261 e. The molecule has 0 saturated heterocycles. The lowest BCUT2D eigenvalue weighted by Crippen LogP contribution is -2.51. The molecule has 248 valence electrons. The van der Waals surface area contributed by atoms with Crippen LogP contribution in [-0.4, -0.2) is 65.2 Å². The van der Waals surface area contributed by atoms with Gasteiger partial charge in [0.05, 0.1) is 12.0 Å². The number of anilines is 1. The molecule has 2 amide bonds. The van der Waals surface area contributed by atoms with Crippen LogP contribution in [0, 0.1) is 5.82 Å². The molecule has 0 saturated carbocycles. The first kappa shape index (κ1) is 34.9. The molecule has 1 atom stereocenters. The maximum atomic E-state index is 13.9. The van der Waals surface area contributed by atoms with E-state index in [9.17, 15) is 22.4 Å². The summed E-state index contributed by atoms with van der Waals surface area (Å²) in [5, 5.41) is 2.94. The van der Waals surface area contributed by atoms with Crippen LogP contribution in [0.1, 0.15) is 17.5 Å². The molecule has 0 bridgehead atoms. The molecule has 0 fully saturated rings. The van der Waals surface area contributed by atoms with E-state index in [-0.39, 0.29) is 35.2 Å². The standard InChI is InChI=1S/C35H38FN3O7S/c1-44-22-6-21-37-35(41)33(23-26-7-4-3-5-8-26)39(24-27-9-15-30(45-2)16-10-27)34(40)25-46-31-17-19-32(20-18-31)47(42,43)38-29-13-11-28(36)12-14-29/h3-5,7-20,33,38H,6,21-25H2,1-2H3,(H,37,41)/t33-/m0/s1. The monoisotopic (exact) mass is 663 g/mol. The topological polar surface area (TPSA) is 123 Å². The van der Waals surface area contributed by atoms with E-state index in [0.717, 1.165) is 23.3 Å². The van der Waals surface area contributed by atoms with Crippen LogP contribution in [0.3, 0.4) is 0 Å². The van der Waals surface area contributed by atoms with Crippen molar-refractivity contribution in [2.45, 2.75) is 30.3 Å². The molecule has 0 aliphatic heterocycles. The zero-order valence-electron chi connectivity index (χ0n) is 26.2. The highest BCUT2D eigenvalue weighted by Crippen LogP contribution is 2.21. The lowest BCUT2D eigenvalue weighted by Gasteiger charge is -2.31. The second-order valence-corrected chi connectivity index (χ2v) is 12.3. The highest BCUT2D eigenvalue weighted by atomic mass is 32.2. The second-order valence-electron chi connectivity index (χ2n) is 10.6. The predicted octanol–water partition coefficient (Wildman–Crippen LogP) is 4.81. The van der Waals surface area contributed by atoms with Crippen molar-refractivity contribution in [2.24, 2.45) is 0 Å². The molecule has 47 heavy (non-hydrogen) atoms. The summed E-state index contributed by atoms with van der Waals surface area (Å²) in [5.74, 6) is -0.323. The Labute approximate surface area is 274 Å². The Bertz CT molecular complexity index is 1690. The maximum absolute atomic E-state index is 13.9. The van der Waals surface area contributed by atoms with E-state index in [1.807, 2.05) is 42.5 Å². The molecule has 4 aromatic rings. The average Bonchev–Trinajstić information content (AvgIpc) is 3.09. The summed E-state index contributed by atoms with van der Waals surface area (Å²) in [6, 6.07) is 26.3. The number of benzene rings is 4. The zero-order chi connectivity index (χ0) is 33.6. The number of carbonyl (C=O) groups excluding carboxylic acids is 2. The number of hydrogen-bond donors (Lipinski definition) is 2. The number of sulfonamides is 1. The molecule has 0 radical (unpaired) electrons. The number of rotatable bonds is 17. The van der Waals surface area contributed by atoms with E-state index < -0.39 is 34.4 Å². The van der Waals surface area contributed by atoms with Crippen LogP contribution in [0.2, 0.25) is 0 Å². The van der Waals surface area contributed by atoms with Gasteiger partial charge < -0.3 is 24.4 Å². The Morgan fingerprint density at radius 2 is 1.49 bits per heavy atom. The number of nitrogens with one attached hydrogen (secondary N) is 2. The van der Waals surface area contributed by atoms with Gasteiger partial charge in [-0.1, -0.05) is 42.5 Å². The van der Waals surface area contributed by atoms with Gasteiger partial charge in [0.2, 0.25) is 5.91 Å². The Hall–Kier alpha value is -4.94. The third kappa shape index (κ3) is 10.5. The molecule has 4 rings (SSSR count). The Morgan fingerprint density at radius 1 is 0.830 bits per heavy atom. The Morgan fingerprint density at radius 3 is 2.13 bits per heavy atom. The van der Waals surface area contributed by atoms with Crippen molar-refractivity contribution in [1.82, 2.24) is 10.2 Å². The number of methoxy groups -OCH3 is 2. The van der Waals surface area contributed by atoms with Gasteiger partial charge in [0, 0.05) is 38.9 Å². The van der Waals surface area contributed by atoms with Crippen LogP contribution in [0.4, 0.5) is 10.1 Å². The van der Waals surface area contributed by atoms with Crippen molar-refractivity contribution >= 4 is 27.5 Å². The van der Waals surface area contributed by atoms with E-state index in [0.29, 0.717) is 25.3 Å². The number of carbonyl (C=O) groups is 2. The summed E-state index contributed by atoms with van der Waals surface area (Å²) >= 11 is 0. The van der Waals surface area contributed by atoms with Gasteiger partial charge in [-0.15, -0.1) is 0 Å². The number of halogens is 1. The number of hydrogen-bond acceptors (Lipinski definition) is 7. The van der Waals surface area contributed by atoms with Gasteiger partial charge in [-0.2, -0.15) is 0 Å². The van der Waals surface area contributed by atoms with Crippen LogP contribution >= 0.6 is 0 Å². The first-order valence-electron chi connectivity index (χ1n) is 14.9. The fraction of sp³-hybridized carbons (Fsp3) is 0.257. The number of amides is 2. The third-order valence-electron chi connectivity index (χ3n) is 7.20. The van der Waals surface area contributed by atoms with E-state index in [4.69, 9.17) is 14.2 Å². The quantitative estimate of drug-likeness (QED) is 0.156. The van der Waals surface area contributed by atoms with E-state index in [1.54, 1.807) is 26.4 Å². The summed E-state index contributed by atoms with van der Waals surface area (Å²) in [6.07, 6.45) is 0.882. The first-order chi connectivity index (χ1) is 22.7. The molecule has 0 unspecified atom stereocenters. The van der Waals surface area contributed by atoms with Crippen LogP contribution in [0.5, 0.6) is 11.5 Å². The Balaban J connectivity index is 1.53. The zero-order valence-corrected chi connectivity index (χ0v) is 27.0. The van der Waals surface area contributed by atoms with Gasteiger partial charge in [-0.05, 0) is 78.2 Å². The molecule has 4 aromatic carbocycles. The van der Waals surface area contributed by atoms with Crippen molar-refractivity contribution in [3.8, 4) is 11.5 Å². The molecule has 0 aliphatic carbocycles. The fourth-order valence-corrected chi connectivity index (χ4v) is 5.76. The highest BCUT2D eigenvalue weighted by molar-refractivity contribution is 7.92. The largest absolute Gasteiger partial charge is 0.497 e. The van der Waals surface area contributed by atoms with Crippen molar-refractivity contribution in [3.63, 3.8) is 0 Å². The summed E-state index contributed by atoms with van der Waals surface area (Å²) in [4.78, 5) is 28.9. The second kappa shape index (κ2) is 17.1. The molecule has 10 nitrogen and oxygen atoms in total. The summed E-state index contributed by atoms with van der Waals surface area (Å²) in [7, 11) is -0.798. The molecule has 0 heterocycles. The van der Waals surface area contributed by atoms with Gasteiger partial charge in [-0.3, -0.25) is 14.3 Å². The molecular formula is C35H38FN3O7S. The van der Waals surface area contributed by atoms with Crippen molar-refractivity contribution in [2.75, 3.05) is 38.7 Å². The smallest absolute Gasteiger partial charge is 0.261 e. The minimum Gasteiger partial charge on any atom is -0.497 e. The van der Waals surface area contributed by atoms with Crippen LogP contribution < -0.4 is 19.5 Å². The van der Waals surface area contributed by atoms with Crippen molar-refractivity contribution in [1.29, 1.82) is 0 Å².